The Balaban J connectivity index is 1.21. The number of carbonyl (C=O) groups is 1. The number of aromatic amines is 1. The van der Waals surface area contributed by atoms with Crippen LogP contribution < -0.4 is 4.74 Å². The highest BCUT2D eigenvalue weighted by Gasteiger charge is 2.24. The van der Waals surface area contributed by atoms with Crippen molar-refractivity contribution in [2.45, 2.75) is 25.2 Å². The number of benzene rings is 2. The third-order valence-electron chi connectivity index (χ3n) is 5.73. The monoisotopic (exact) mass is 373 g/mol. The maximum Gasteiger partial charge on any atom is 0.246 e. The molecule has 1 aromatic heterocycles. The van der Waals surface area contributed by atoms with Gasteiger partial charge in [0.2, 0.25) is 5.91 Å². The fraction of sp³-hybridized carbons (Fsp3) is 0.304. The van der Waals surface area contributed by atoms with Crippen molar-refractivity contribution in [2.24, 2.45) is 0 Å². The Kier molecular flexibility index (Phi) is 4.35. The topological polar surface area (TPSA) is 58.2 Å². The van der Waals surface area contributed by atoms with Crippen LogP contribution >= 0.6 is 0 Å². The van der Waals surface area contributed by atoms with Crippen LogP contribution in [0.2, 0.25) is 0 Å². The molecule has 0 atom stereocenters. The van der Waals surface area contributed by atoms with Crippen LogP contribution in [0.25, 0.3) is 17.1 Å². The molecule has 142 valence electrons. The van der Waals surface area contributed by atoms with Crippen molar-refractivity contribution in [2.75, 3.05) is 19.7 Å². The Labute approximate surface area is 164 Å². The molecule has 0 bridgehead atoms. The van der Waals surface area contributed by atoms with Crippen molar-refractivity contribution < 1.29 is 9.53 Å². The van der Waals surface area contributed by atoms with E-state index in [1.165, 1.54) is 5.56 Å². The first-order chi connectivity index (χ1) is 13.8. The fourth-order valence-corrected chi connectivity index (χ4v) is 4.12. The zero-order chi connectivity index (χ0) is 18.9. The molecular weight excluding hydrogens is 350 g/mol. The largest absolute Gasteiger partial charge is 0.493 e. The van der Waals surface area contributed by atoms with Crippen molar-refractivity contribution in [1.29, 1.82) is 0 Å². The Morgan fingerprint density at radius 1 is 1.18 bits per heavy atom. The van der Waals surface area contributed by atoms with Gasteiger partial charge in [0.15, 0.2) is 0 Å². The van der Waals surface area contributed by atoms with Crippen LogP contribution in [0.4, 0.5) is 0 Å². The Hall–Kier alpha value is -3.08. The van der Waals surface area contributed by atoms with Crippen molar-refractivity contribution in [3.8, 4) is 5.75 Å². The van der Waals surface area contributed by atoms with E-state index in [-0.39, 0.29) is 5.91 Å². The summed E-state index contributed by atoms with van der Waals surface area (Å²) in [6.07, 6.45) is 6.43. The van der Waals surface area contributed by atoms with Crippen LogP contribution in [-0.4, -0.2) is 40.5 Å². The van der Waals surface area contributed by atoms with E-state index in [0.717, 1.165) is 67.1 Å². The minimum absolute atomic E-state index is 0.0832. The van der Waals surface area contributed by atoms with Crippen molar-refractivity contribution in [1.82, 2.24) is 14.9 Å². The molecule has 1 fully saturated rings. The molecule has 0 radical (unpaired) electrons. The van der Waals surface area contributed by atoms with E-state index in [0.29, 0.717) is 5.92 Å². The molecule has 3 heterocycles. The molecule has 5 rings (SSSR count). The van der Waals surface area contributed by atoms with E-state index < -0.39 is 0 Å². The van der Waals surface area contributed by atoms with Crippen molar-refractivity contribution in [3.63, 3.8) is 0 Å². The molecule has 2 aliphatic rings. The summed E-state index contributed by atoms with van der Waals surface area (Å²) >= 11 is 0. The molecule has 0 saturated carbocycles. The highest BCUT2D eigenvalue weighted by molar-refractivity contribution is 5.92. The molecule has 1 saturated heterocycles. The van der Waals surface area contributed by atoms with Crippen LogP contribution in [0.1, 0.15) is 35.7 Å². The van der Waals surface area contributed by atoms with Gasteiger partial charge in [-0.1, -0.05) is 18.2 Å². The highest BCUT2D eigenvalue weighted by atomic mass is 16.5. The van der Waals surface area contributed by atoms with Gasteiger partial charge < -0.3 is 14.6 Å². The van der Waals surface area contributed by atoms with E-state index in [2.05, 4.69) is 17.1 Å². The van der Waals surface area contributed by atoms with Crippen molar-refractivity contribution in [3.05, 3.63) is 65.5 Å². The summed E-state index contributed by atoms with van der Waals surface area (Å²) in [6.45, 7) is 2.29. The molecule has 28 heavy (non-hydrogen) atoms. The van der Waals surface area contributed by atoms with Gasteiger partial charge in [-0.15, -0.1) is 0 Å². The number of nitrogens with one attached hydrogen (secondary N) is 1. The second kappa shape index (κ2) is 7.15. The van der Waals surface area contributed by atoms with E-state index in [9.17, 15) is 4.79 Å². The number of para-hydroxylation sites is 2. The molecule has 2 aromatic carbocycles. The van der Waals surface area contributed by atoms with Crippen LogP contribution in [0.5, 0.6) is 5.75 Å². The molecule has 3 aromatic rings. The number of hydrogen-bond acceptors (Lipinski definition) is 3. The lowest BCUT2D eigenvalue weighted by Gasteiger charge is -2.30. The number of H-pyrrole nitrogens is 1. The standard InChI is InChI=1S/C23H23N3O2/c27-22(8-6-16-5-7-21-18(15-16)11-14-28-21)26-12-9-17(10-13-26)23-24-19-3-1-2-4-20(19)25-23/h1-8,15,17H,9-14H2,(H,24,25). The normalized spacial score (nSPS) is 17.2. The first-order valence-corrected chi connectivity index (χ1v) is 9.93. The lowest BCUT2D eigenvalue weighted by atomic mass is 9.96. The number of aromatic nitrogens is 2. The minimum Gasteiger partial charge on any atom is -0.493 e. The van der Waals surface area contributed by atoms with Crippen LogP contribution in [0.3, 0.4) is 0 Å². The number of likely N-dealkylation sites (tertiary alicyclic amines) is 1. The van der Waals surface area contributed by atoms with E-state index in [1.807, 2.05) is 41.3 Å². The van der Waals surface area contributed by atoms with Crippen LogP contribution in [0.15, 0.2) is 48.5 Å². The SMILES string of the molecule is O=C(C=Cc1ccc2c(c1)CCO2)N1CCC(c2nc3ccccc3[nH]2)CC1. The minimum atomic E-state index is 0.0832. The smallest absolute Gasteiger partial charge is 0.246 e. The maximum atomic E-state index is 12.6. The summed E-state index contributed by atoms with van der Waals surface area (Å²) in [5.41, 5.74) is 4.37. The third kappa shape index (κ3) is 3.28. The average Bonchev–Trinajstić information content (AvgIpc) is 3.38. The van der Waals surface area contributed by atoms with E-state index >= 15 is 0 Å². The number of fused-ring (bicyclic) bond motifs is 2. The summed E-state index contributed by atoms with van der Waals surface area (Å²) < 4.78 is 5.53. The molecule has 1 amide bonds. The molecule has 0 unspecified atom stereocenters. The molecule has 5 heteroatoms. The molecule has 2 aliphatic heterocycles. The van der Waals surface area contributed by atoms with Gasteiger partial charge in [-0.2, -0.15) is 0 Å². The summed E-state index contributed by atoms with van der Waals surface area (Å²) in [7, 11) is 0. The number of hydrogen-bond donors (Lipinski definition) is 1. The summed E-state index contributed by atoms with van der Waals surface area (Å²) in [5.74, 6) is 2.48. The first kappa shape index (κ1) is 17.0. The number of piperidine rings is 1. The number of nitrogens with zero attached hydrogens (tertiary/aromatic N) is 2. The second-order valence-electron chi connectivity index (χ2n) is 7.54. The highest BCUT2D eigenvalue weighted by Crippen LogP contribution is 2.28. The quantitative estimate of drug-likeness (QED) is 0.708. The second-order valence-corrected chi connectivity index (χ2v) is 7.54. The van der Waals surface area contributed by atoms with Crippen molar-refractivity contribution >= 4 is 23.0 Å². The number of ether oxygens (including phenoxy) is 1. The third-order valence-corrected chi connectivity index (χ3v) is 5.73. The fourth-order valence-electron chi connectivity index (χ4n) is 4.12. The number of rotatable bonds is 3. The number of carbonyl (C=O) groups excluding carboxylic acids is 1. The van der Waals surface area contributed by atoms with Gasteiger partial charge in [-0.3, -0.25) is 4.79 Å². The Morgan fingerprint density at radius 3 is 2.89 bits per heavy atom. The van der Waals surface area contributed by atoms with Gasteiger partial charge in [-0.05, 0) is 54.3 Å². The Morgan fingerprint density at radius 2 is 2.04 bits per heavy atom. The zero-order valence-corrected chi connectivity index (χ0v) is 15.7. The summed E-state index contributed by atoms with van der Waals surface area (Å²) in [5, 5.41) is 0. The van der Waals surface area contributed by atoms with Gasteiger partial charge in [-0.25, -0.2) is 4.98 Å². The molecule has 0 aliphatic carbocycles. The van der Waals surface area contributed by atoms with Gasteiger partial charge >= 0.3 is 0 Å². The number of imidazole rings is 1. The Bertz CT molecular complexity index is 1010. The zero-order valence-electron chi connectivity index (χ0n) is 15.7. The summed E-state index contributed by atoms with van der Waals surface area (Å²) in [6, 6.07) is 14.2. The molecule has 0 spiro atoms. The molecule has 5 nitrogen and oxygen atoms in total. The van der Waals surface area contributed by atoms with E-state index in [1.54, 1.807) is 6.08 Å². The number of amides is 1. The lowest BCUT2D eigenvalue weighted by Crippen LogP contribution is -2.37. The van der Waals surface area contributed by atoms with Gasteiger partial charge in [0, 0.05) is 31.5 Å². The van der Waals surface area contributed by atoms with Gasteiger partial charge in [0.1, 0.15) is 11.6 Å². The van der Waals surface area contributed by atoms with Crippen LogP contribution in [0, 0.1) is 0 Å². The maximum absolute atomic E-state index is 12.6. The van der Waals surface area contributed by atoms with Gasteiger partial charge in [0.05, 0.1) is 17.6 Å². The molecule has 1 N–H and O–H groups in total. The van der Waals surface area contributed by atoms with Crippen LogP contribution in [-0.2, 0) is 11.2 Å². The predicted octanol–water partition coefficient (Wildman–Crippen LogP) is 3.92. The molecular formula is C23H23N3O2. The first-order valence-electron chi connectivity index (χ1n) is 9.93. The predicted molar refractivity (Wildman–Crippen MR) is 109 cm³/mol. The summed E-state index contributed by atoms with van der Waals surface area (Å²) in [4.78, 5) is 22.7. The average molecular weight is 373 g/mol. The van der Waals surface area contributed by atoms with Gasteiger partial charge in [0.25, 0.3) is 0 Å². The lowest BCUT2D eigenvalue weighted by molar-refractivity contribution is -0.127. The van der Waals surface area contributed by atoms with E-state index in [4.69, 9.17) is 9.72 Å².